The van der Waals surface area contributed by atoms with Crippen molar-refractivity contribution >= 4 is 5.97 Å². The van der Waals surface area contributed by atoms with Crippen LogP contribution < -0.4 is 4.74 Å². The zero-order valence-corrected chi connectivity index (χ0v) is 8.47. The van der Waals surface area contributed by atoms with Crippen LogP contribution >= 0.6 is 0 Å². The lowest BCUT2D eigenvalue weighted by Gasteiger charge is -2.03. The lowest BCUT2D eigenvalue weighted by atomic mass is 10.4. The first kappa shape index (κ1) is 11.2. The summed E-state index contributed by atoms with van der Waals surface area (Å²) < 4.78 is 9.73. The van der Waals surface area contributed by atoms with E-state index in [1.807, 2.05) is 0 Å². The highest BCUT2D eigenvalue weighted by Gasteiger charge is 2.08. The summed E-state index contributed by atoms with van der Waals surface area (Å²) in [5.41, 5.74) is 0.133. The molecule has 0 unspecified atom stereocenters. The normalized spacial score (nSPS) is 9.40. The van der Waals surface area contributed by atoms with Gasteiger partial charge in [0.2, 0.25) is 5.88 Å². The van der Waals surface area contributed by atoms with Gasteiger partial charge in [-0.1, -0.05) is 6.08 Å². The van der Waals surface area contributed by atoms with Crippen molar-refractivity contribution in [1.29, 1.82) is 0 Å². The Morgan fingerprint density at radius 3 is 3.07 bits per heavy atom. The summed E-state index contributed by atoms with van der Waals surface area (Å²) >= 11 is 0. The second-order valence-corrected chi connectivity index (χ2v) is 2.66. The summed E-state index contributed by atoms with van der Waals surface area (Å²) in [5, 5.41) is 0. The second-order valence-electron chi connectivity index (χ2n) is 2.66. The van der Waals surface area contributed by atoms with Crippen LogP contribution in [0.25, 0.3) is 0 Å². The monoisotopic (exact) mass is 208 g/mol. The van der Waals surface area contributed by atoms with Crippen LogP contribution in [-0.2, 0) is 4.74 Å². The van der Waals surface area contributed by atoms with Crippen LogP contribution in [0.4, 0.5) is 0 Å². The Bertz CT molecular complexity index is 352. The predicted octanol–water partition coefficient (Wildman–Crippen LogP) is 1.22. The molecule has 0 fully saturated rings. The van der Waals surface area contributed by atoms with Gasteiger partial charge in [0.1, 0.15) is 0 Å². The van der Waals surface area contributed by atoms with E-state index in [2.05, 4.69) is 21.3 Å². The fraction of sp³-hybridized carbons (Fsp3) is 0.300. The molecule has 0 bridgehead atoms. The highest BCUT2D eigenvalue weighted by molar-refractivity contribution is 5.86. The minimum Gasteiger partial charge on any atom is -0.476 e. The second kappa shape index (κ2) is 5.74. The number of methoxy groups -OCH3 is 1. The van der Waals surface area contributed by atoms with E-state index < -0.39 is 5.97 Å². The van der Waals surface area contributed by atoms with Gasteiger partial charge in [-0.15, -0.1) is 6.58 Å². The molecule has 0 aliphatic rings. The third-order valence-electron chi connectivity index (χ3n) is 1.58. The van der Waals surface area contributed by atoms with E-state index in [0.29, 0.717) is 18.9 Å². The van der Waals surface area contributed by atoms with Crippen molar-refractivity contribution in [2.75, 3.05) is 13.7 Å². The lowest BCUT2D eigenvalue weighted by Crippen LogP contribution is -2.07. The Kier molecular flexibility index (Phi) is 4.28. The Hall–Kier alpha value is -1.91. The standard InChI is InChI=1S/C10H12N2O3/c1-3-4-5-15-9-7-11-6-8(12-9)10(13)14-2/h3,6-7H,1,4-5H2,2H3. The number of carbonyl (C=O) groups excluding carboxylic acids is 1. The van der Waals surface area contributed by atoms with Crippen molar-refractivity contribution in [3.05, 3.63) is 30.7 Å². The Morgan fingerprint density at radius 1 is 1.60 bits per heavy atom. The molecular formula is C10H12N2O3. The molecule has 0 spiro atoms. The Morgan fingerprint density at radius 2 is 2.40 bits per heavy atom. The van der Waals surface area contributed by atoms with Crippen molar-refractivity contribution in [2.45, 2.75) is 6.42 Å². The summed E-state index contributed by atoms with van der Waals surface area (Å²) in [7, 11) is 1.29. The van der Waals surface area contributed by atoms with Gasteiger partial charge in [0.25, 0.3) is 0 Å². The number of nitrogens with zero attached hydrogens (tertiary/aromatic N) is 2. The van der Waals surface area contributed by atoms with Gasteiger partial charge >= 0.3 is 5.97 Å². The Balaban J connectivity index is 2.65. The predicted molar refractivity (Wildman–Crippen MR) is 53.7 cm³/mol. The summed E-state index contributed by atoms with van der Waals surface area (Å²) in [6.07, 6.45) is 5.21. The molecule has 0 aliphatic heterocycles. The van der Waals surface area contributed by atoms with Gasteiger partial charge in [0.05, 0.1) is 26.1 Å². The molecule has 0 amide bonds. The van der Waals surface area contributed by atoms with Crippen LogP contribution in [-0.4, -0.2) is 29.7 Å². The first-order chi connectivity index (χ1) is 7.27. The van der Waals surface area contributed by atoms with E-state index in [4.69, 9.17) is 4.74 Å². The molecule has 5 heteroatoms. The first-order valence-corrected chi connectivity index (χ1v) is 4.42. The maximum atomic E-state index is 11.1. The maximum absolute atomic E-state index is 11.1. The Labute approximate surface area is 87.8 Å². The number of ether oxygens (including phenoxy) is 2. The third kappa shape index (κ3) is 3.38. The topological polar surface area (TPSA) is 61.3 Å². The zero-order chi connectivity index (χ0) is 11.1. The molecule has 0 atom stereocenters. The zero-order valence-electron chi connectivity index (χ0n) is 8.47. The number of aromatic nitrogens is 2. The van der Waals surface area contributed by atoms with E-state index in [9.17, 15) is 4.79 Å². The van der Waals surface area contributed by atoms with Crippen LogP contribution in [0.1, 0.15) is 16.9 Å². The van der Waals surface area contributed by atoms with E-state index >= 15 is 0 Å². The van der Waals surface area contributed by atoms with Crippen molar-refractivity contribution < 1.29 is 14.3 Å². The minimum atomic E-state index is -0.531. The summed E-state index contributed by atoms with van der Waals surface area (Å²) in [5.74, 6) is -0.226. The van der Waals surface area contributed by atoms with Gasteiger partial charge in [-0.25, -0.2) is 9.78 Å². The quantitative estimate of drug-likeness (QED) is 0.413. The SMILES string of the molecule is C=CCCOc1cncc(C(=O)OC)n1. The number of rotatable bonds is 5. The van der Waals surface area contributed by atoms with E-state index in [1.54, 1.807) is 6.08 Å². The van der Waals surface area contributed by atoms with Crippen LogP contribution in [0.2, 0.25) is 0 Å². The van der Waals surface area contributed by atoms with Crippen LogP contribution in [0.3, 0.4) is 0 Å². The molecule has 0 aliphatic carbocycles. The molecule has 1 aromatic rings. The fourth-order valence-corrected chi connectivity index (χ4v) is 0.867. The molecule has 1 rings (SSSR count). The molecule has 5 nitrogen and oxygen atoms in total. The van der Waals surface area contributed by atoms with Crippen molar-refractivity contribution in [3.63, 3.8) is 0 Å². The largest absolute Gasteiger partial charge is 0.476 e. The maximum Gasteiger partial charge on any atom is 0.358 e. The molecular weight excluding hydrogens is 196 g/mol. The number of hydrogen-bond donors (Lipinski definition) is 0. The average molecular weight is 208 g/mol. The van der Waals surface area contributed by atoms with Crippen molar-refractivity contribution in [3.8, 4) is 5.88 Å². The van der Waals surface area contributed by atoms with Gasteiger partial charge < -0.3 is 9.47 Å². The molecule has 15 heavy (non-hydrogen) atoms. The van der Waals surface area contributed by atoms with Crippen LogP contribution in [0.5, 0.6) is 5.88 Å². The van der Waals surface area contributed by atoms with E-state index in [-0.39, 0.29) is 5.69 Å². The molecule has 0 N–H and O–H groups in total. The van der Waals surface area contributed by atoms with Gasteiger partial charge in [0.15, 0.2) is 5.69 Å². The molecule has 1 aromatic heterocycles. The minimum absolute atomic E-state index is 0.133. The molecule has 0 radical (unpaired) electrons. The van der Waals surface area contributed by atoms with Crippen LogP contribution in [0.15, 0.2) is 25.0 Å². The summed E-state index contributed by atoms with van der Waals surface area (Å²) in [6, 6.07) is 0. The van der Waals surface area contributed by atoms with E-state index in [0.717, 1.165) is 0 Å². The highest BCUT2D eigenvalue weighted by Crippen LogP contribution is 2.06. The molecule has 0 saturated heterocycles. The molecule has 0 aromatic carbocycles. The van der Waals surface area contributed by atoms with E-state index in [1.165, 1.54) is 19.5 Å². The number of hydrogen-bond acceptors (Lipinski definition) is 5. The van der Waals surface area contributed by atoms with Crippen molar-refractivity contribution in [1.82, 2.24) is 9.97 Å². The fourth-order valence-electron chi connectivity index (χ4n) is 0.867. The van der Waals surface area contributed by atoms with Crippen molar-refractivity contribution in [2.24, 2.45) is 0 Å². The summed E-state index contributed by atoms with van der Waals surface area (Å²) in [4.78, 5) is 18.8. The summed E-state index contributed by atoms with van der Waals surface area (Å²) in [6.45, 7) is 4.02. The average Bonchev–Trinajstić information content (AvgIpc) is 2.29. The highest BCUT2D eigenvalue weighted by atomic mass is 16.5. The lowest BCUT2D eigenvalue weighted by molar-refractivity contribution is 0.0592. The molecule has 0 saturated carbocycles. The molecule has 1 heterocycles. The number of esters is 1. The smallest absolute Gasteiger partial charge is 0.358 e. The van der Waals surface area contributed by atoms with Gasteiger partial charge in [-0.2, -0.15) is 0 Å². The first-order valence-electron chi connectivity index (χ1n) is 4.42. The van der Waals surface area contributed by atoms with Gasteiger partial charge in [0, 0.05) is 0 Å². The van der Waals surface area contributed by atoms with Gasteiger partial charge in [-0.05, 0) is 6.42 Å². The molecule has 80 valence electrons. The number of carbonyl (C=O) groups is 1. The van der Waals surface area contributed by atoms with Crippen LogP contribution in [0, 0.1) is 0 Å². The van der Waals surface area contributed by atoms with Gasteiger partial charge in [-0.3, -0.25) is 4.98 Å². The third-order valence-corrected chi connectivity index (χ3v) is 1.58.